The summed E-state index contributed by atoms with van der Waals surface area (Å²) in [5.41, 5.74) is 5.61. The summed E-state index contributed by atoms with van der Waals surface area (Å²) in [7, 11) is 0. The predicted octanol–water partition coefficient (Wildman–Crippen LogP) is 6.66. The molecular formula is C32H37N3O2. The molecule has 4 aromatic rings. The zero-order valence-electron chi connectivity index (χ0n) is 22.0. The summed E-state index contributed by atoms with van der Waals surface area (Å²) >= 11 is 0. The highest BCUT2D eigenvalue weighted by atomic mass is 16.5. The Kier molecular flexibility index (Phi) is 9.53. The third-order valence-electron chi connectivity index (χ3n) is 6.52. The van der Waals surface area contributed by atoms with Crippen LogP contribution < -0.4 is 10.1 Å². The molecule has 0 aliphatic rings. The molecule has 0 saturated carbocycles. The number of benzene rings is 3. The van der Waals surface area contributed by atoms with E-state index in [0.717, 1.165) is 61.3 Å². The van der Waals surface area contributed by atoms with Gasteiger partial charge in [-0.25, -0.2) is 4.98 Å². The summed E-state index contributed by atoms with van der Waals surface area (Å²) in [6.45, 7) is 6.43. The van der Waals surface area contributed by atoms with Crippen LogP contribution in [0.2, 0.25) is 0 Å². The Balaban J connectivity index is 1.23. The molecule has 0 unspecified atom stereocenters. The van der Waals surface area contributed by atoms with Gasteiger partial charge in [0.15, 0.2) is 0 Å². The number of nitrogens with zero attached hydrogens (tertiary/aromatic N) is 2. The van der Waals surface area contributed by atoms with Crippen molar-refractivity contribution in [1.29, 1.82) is 0 Å². The maximum Gasteiger partial charge on any atom is 0.243 e. The van der Waals surface area contributed by atoms with Gasteiger partial charge < -0.3 is 14.6 Å². The zero-order valence-corrected chi connectivity index (χ0v) is 22.0. The lowest BCUT2D eigenvalue weighted by Gasteiger charge is -2.13. The van der Waals surface area contributed by atoms with Crippen molar-refractivity contribution in [2.24, 2.45) is 0 Å². The van der Waals surface area contributed by atoms with Gasteiger partial charge in [0.1, 0.15) is 11.6 Å². The van der Waals surface area contributed by atoms with Crippen molar-refractivity contribution in [3.8, 4) is 5.75 Å². The highest BCUT2D eigenvalue weighted by Crippen LogP contribution is 2.23. The molecule has 0 bridgehead atoms. The number of carbonyl (C=O) groups excluding carboxylic acids is 1. The molecule has 5 nitrogen and oxygen atoms in total. The van der Waals surface area contributed by atoms with Crippen LogP contribution in [0.5, 0.6) is 5.75 Å². The first-order valence-electron chi connectivity index (χ1n) is 13.3. The third-order valence-corrected chi connectivity index (χ3v) is 6.52. The van der Waals surface area contributed by atoms with E-state index in [1.807, 2.05) is 42.5 Å². The predicted molar refractivity (Wildman–Crippen MR) is 152 cm³/mol. The number of para-hydroxylation sites is 3. The molecule has 3 aromatic carbocycles. The molecule has 5 heteroatoms. The molecule has 0 aliphatic heterocycles. The molecule has 1 N–H and O–H groups in total. The molecule has 1 aromatic heterocycles. The summed E-state index contributed by atoms with van der Waals surface area (Å²) < 4.78 is 8.48. The van der Waals surface area contributed by atoms with Gasteiger partial charge in [0, 0.05) is 25.6 Å². The maximum atomic E-state index is 12.0. The van der Waals surface area contributed by atoms with Gasteiger partial charge in [-0.3, -0.25) is 4.79 Å². The highest BCUT2D eigenvalue weighted by molar-refractivity contribution is 5.91. The largest absolute Gasteiger partial charge is 0.493 e. The number of carbonyl (C=O) groups is 1. The maximum absolute atomic E-state index is 12.0. The molecule has 0 atom stereocenters. The van der Waals surface area contributed by atoms with Crippen LogP contribution >= 0.6 is 0 Å². The van der Waals surface area contributed by atoms with Crippen LogP contribution in [0.25, 0.3) is 17.1 Å². The number of imidazole rings is 1. The fourth-order valence-electron chi connectivity index (χ4n) is 4.58. The number of hydrogen-bond donors (Lipinski definition) is 1. The Labute approximate surface area is 220 Å². The quantitative estimate of drug-likeness (QED) is 0.167. The molecular weight excluding hydrogens is 458 g/mol. The van der Waals surface area contributed by atoms with E-state index in [1.165, 1.54) is 16.6 Å². The smallest absolute Gasteiger partial charge is 0.243 e. The minimum absolute atomic E-state index is 0.0474. The van der Waals surface area contributed by atoms with Crippen molar-refractivity contribution < 1.29 is 9.53 Å². The highest BCUT2D eigenvalue weighted by Gasteiger charge is 2.11. The van der Waals surface area contributed by atoms with Crippen LogP contribution in [-0.2, 0) is 17.8 Å². The molecule has 0 saturated heterocycles. The van der Waals surface area contributed by atoms with Gasteiger partial charge in [-0.1, -0.05) is 67.1 Å². The first-order valence-corrected chi connectivity index (χ1v) is 13.3. The van der Waals surface area contributed by atoms with Crippen LogP contribution in [0.15, 0.2) is 78.9 Å². The Morgan fingerprint density at radius 1 is 0.892 bits per heavy atom. The van der Waals surface area contributed by atoms with Crippen molar-refractivity contribution in [2.45, 2.75) is 52.5 Å². The summed E-state index contributed by atoms with van der Waals surface area (Å²) in [5.74, 6) is 2.08. The van der Waals surface area contributed by atoms with E-state index in [0.29, 0.717) is 13.2 Å². The minimum Gasteiger partial charge on any atom is -0.493 e. The van der Waals surface area contributed by atoms with E-state index < -0.39 is 0 Å². The normalized spacial score (nSPS) is 11.3. The summed E-state index contributed by atoms with van der Waals surface area (Å²) in [4.78, 5) is 17.0. The number of aryl methyl sites for hydroxylation is 4. The standard InChI is InChI=1S/C32H37N3O2/c1-25-13-11-14-26(2)32(25)37-24-12-23-35-29-18-9-8-17-28(29)34-30(35)19-7-4-10-22-33-31(36)21-20-27-15-5-3-6-16-27/h3,5-6,8-9,11,13-18,20-21H,4,7,10,12,19,22-24H2,1-2H3,(H,33,36)/b21-20+. The third kappa shape index (κ3) is 7.56. The summed E-state index contributed by atoms with van der Waals surface area (Å²) in [6.07, 6.45) is 8.32. The lowest BCUT2D eigenvalue weighted by Crippen LogP contribution is -2.22. The topological polar surface area (TPSA) is 56.1 Å². The van der Waals surface area contributed by atoms with Crippen molar-refractivity contribution in [1.82, 2.24) is 14.9 Å². The van der Waals surface area contributed by atoms with E-state index in [9.17, 15) is 4.79 Å². The number of amides is 1. The molecule has 1 amide bonds. The fraction of sp³-hybridized carbons (Fsp3) is 0.312. The molecule has 0 fully saturated rings. The second kappa shape index (κ2) is 13.4. The Bertz CT molecular complexity index is 1300. The van der Waals surface area contributed by atoms with Crippen molar-refractivity contribution in [3.63, 3.8) is 0 Å². The van der Waals surface area contributed by atoms with Gasteiger partial charge in [-0.05, 0) is 68.0 Å². The van der Waals surface area contributed by atoms with Crippen LogP contribution in [0.3, 0.4) is 0 Å². The average Bonchev–Trinajstić information content (AvgIpc) is 3.26. The number of hydrogen-bond acceptors (Lipinski definition) is 3. The van der Waals surface area contributed by atoms with Crippen LogP contribution in [0, 0.1) is 13.8 Å². The van der Waals surface area contributed by atoms with Gasteiger partial charge in [0.2, 0.25) is 5.91 Å². The number of unbranched alkanes of at least 4 members (excludes halogenated alkanes) is 2. The fourth-order valence-corrected chi connectivity index (χ4v) is 4.58. The molecule has 192 valence electrons. The zero-order chi connectivity index (χ0) is 25.9. The Morgan fingerprint density at radius 3 is 2.46 bits per heavy atom. The monoisotopic (exact) mass is 495 g/mol. The number of aromatic nitrogens is 2. The van der Waals surface area contributed by atoms with E-state index in [1.54, 1.807) is 6.08 Å². The van der Waals surface area contributed by atoms with Crippen LogP contribution in [0.4, 0.5) is 0 Å². The first kappa shape index (κ1) is 26.2. The van der Waals surface area contributed by atoms with Gasteiger partial charge in [0.25, 0.3) is 0 Å². The first-order chi connectivity index (χ1) is 18.1. The summed E-state index contributed by atoms with van der Waals surface area (Å²) in [5, 5.41) is 2.98. The van der Waals surface area contributed by atoms with Gasteiger partial charge in [-0.2, -0.15) is 0 Å². The van der Waals surface area contributed by atoms with E-state index >= 15 is 0 Å². The SMILES string of the molecule is Cc1cccc(C)c1OCCCn1c(CCCCCNC(=O)/C=C/c2ccccc2)nc2ccccc21. The second-order valence-corrected chi connectivity index (χ2v) is 9.44. The van der Waals surface area contributed by atoms with Crippen LogP contribution in [0.1, 0.15) is 48.2 Å². The Hall–Kier alpha value is -3.86. The van der Waals surface area contributed by atoms with Crippen molar-refractivity contribution >= 4 is 23.0 Å². The molecule has 37 heavy (non-hydrogen) atoms. The van der Waals surface area contributed by atoms with E-state index in [2.05, 4.69) is 60.1 Å². The van der Waals surface area contributed by atoms with E-state index in [-0.39, 0.29) is 5.91 Å². The number of fused-ring (bicyclic) bond motifs is 1. The Morgan fingerprint density at radius 2 is 1.65 bits per heavy atom. The number of ether oxygens (including phenoxy) is 1. The van der Waals surface area contributed by atoms with E-state index in [4.69, 9.17) is 9.72 Å². The van der Waals surface area contributed by atoms with Crippen molar-refractivity contribution in [2.75, 3.05) is 13.2 Å². The lowest BCUT2D eigenvalue weighted by atomic mass is 10.1. The number of nitrogens with one attached hydrogen (secondary N) is 1. The number of rotatable bonds is 13. The molecule has 0 aliphatic carbocycles. The summed E-state index contributed by atoms with van der Waals surface area (Å²) in [6, 6.07) is 24.5. The van der Waals surface area contributed by atoms with Gasteiger partial charge >= 0.3 is 0 Å². The van der Waals surface area contributed by atoms with Gasteiger partial charge in [-0.15, -0.1) is 0 Å². The lowest BCUT2D eigenvalue weighted by molar-refractivity contribution is -0.116. The average molecular weight is 496 g/mol. The van der Waals surface area contributed by atoms with Gasteiger partial charge in [0.05, 0.1) is 17.6 Å². The molecule has 0 spiro atoms. The van der Waals surface area contributed by atoms with Crippen molar-refractivity contribution in [3.05, 3.63) is 101 Å². The minimum atomic E-state index is -0.0474. The molecule has 1 heterocycles. The molecule has 4 rings (SSSR count). The van der Waals surface area contributed by atoms with Crippen LogP contribution in [-0.4, -0.2) is 28.6 Å². The second-order valence-electron chi connectivity index (χ2n) is 9.44. The molecule has 0 radical (unpaired) electrons.